The van der Waals surface area contributed by atoms with Crippen LogP contribution in [0.25, 0.3) is 11.4 Å². The molecule has 0 spiro atoms. The molecule has 0 saturated heterocycles. The first-order chi connectivity index (χ1) is 12.6. The fraction of sp³-hybridized carbons (Fsp3) is 0.211. The van der Waals surface area contributed by atoms with Crippen molar-refractivity contribution in [3.8, 4) is 17.1 Å². The second-order valence-corrected chi connectivity index (χ2v) is 5.53. The number of halogens is 1. The molecule has 1 aromatic heterocycles. The van der Waals surface area contributed by atoms with Gasteiger partial charge in [0.1, 0.15) is 11.6 Å². The van der Waals surface area contributed by atoms with Crippen LogP contribution in [-0.4, -0.2) is 23.2 Å². The highest BCUT2D eigenvalue weighted by molar-refractivity contribution is 5.69. The lowest BCUT2D eigenvalue weighted by atomic mass is 10.1. The van der Waals surface area contributed by atoms with E-state index in [0.29, 0.717) is 17.8 Å². The van der Waals surface area contributed by atoms with Crippen molar-refractivity contribution in [2.75, 3.05) is 7.11 Å². The Morgan fingerprint density at radius 3 is 2.54 bits per heavy atom. The van der Waals surface area contributed by atoms with E-state index in [-0.39, 0.29) is 30.7 Å². The van der Waals surface area contributed by atoms with Gasteiger partial charge in [0.2, 0.25) is 5.82 Å². The normalized spacial score (nSPS) is 10.5. The van der Waals surface area contributed by atoms with Gasteiger partial charge in [-0.05, 0) is 48.4 Å². The van der Waals surface area contributed by atoms with Gasteiger partial charge >= 0.3 is 5.97 Å². The second-order valence-electron chi connectivity index (χ2n) is 5.53. The Morgan fingerprint density at radius 1 is 1.12 bits per heavy atom. The molecular weight excluding hydrogens is 339 g/mol. The Labute approximate surface area is 149 Å². The molecule has 3 rings (SSSR count). The van der Waals surface area contributed by atoms with Crippen LogP contribution in [0.2, 0.25) is 0 Å². The average Bonchev–Trinajstić information content (AvgIpc) is 3.14. The van der Waals surface area contributed by atoms with Crippen LogP contribution >= 0.6 is 0 Å². The van der Waals surface area contributed by atoms with Gasteiger partial charge in [0.25, 0.3) is 5.89 Å². The van der Waals surface area contributed by atoms with Gasteiger partial charge in [0, 0.05) is 12.0 Å². The van der Waals surface area contributed by atoms with Crippen LogP contribution in [0.3, 0.4) is 0 Å². The van der Waals surface area contributed by atoms with Crippen molar-refractivity contribution >= 4 is 5.97 Å². The lowest BCUT2D eigenvalue weighted by molar-refractivity contribution is -0.145. The molecule has 0 unspecified atom stereocenters. The SMILES string of the molecule is COc1ccc(CCC(=O)OCc2nc(-c3ccc(F)cc3)no2)cc1. The maximum Gasteiger partial charge on any atom is 0.306 e. The Hall–Kier alpha value is -3.22. The molecule has 0 bridgehead atoms. The number of rotatable bonds is 7. The number of benzene rings is 2. The maximum absolute atomic E-state index is 12.9. The third-order valence-corrected chi connectivity index (χ3v) is 3.70. The second kappa shape index (κ2) is 8.24. The molecule has 0 N–H and O–H groups in total. The average molecular weight is 356 g/mol. The smallest absolute Gasteiger partial charge is 0.306 e. The number of aryl methyl sites for hydroxylation is 1. The van der Waals surface area contributed by atoms with E-state index in [1.165, 1.54) is 12.1 Å². The highest BCUT2D eigenvalue weighted by Crippen LogP contribution is 2.17. The van der Waals surface area contributed by atoms with E-state index >= 15 is 0 Å². The summed E-state index contributed by atoms with van der Waals surface area (Å²) in [6.45, 7) is -0.102. The molecule has 0 aliphatic rings. The van der Waals surface area contributed by atoms with Gasteiger partial charge in [-0.15, -0.1) is 0 Å². The number of ether oxygens (including phenoxy) is 2. The first-order valence-electron chi connectivity index (χ1n) is 8.01. The van der Waals surface area contributed by atoms with Crippen LogP contribution in [0.15, 0.2) is 53.1 Å². The predicted octanol–water partition coefficient (Wildman–Crippen LogP) is 3.56. The Kier molecular flexibility index (Phi) is 5.58. The zero-order valence-corrected chi connectivity index (χ0v) is 14.1. The standard InChI is InChI=1S/C19H17FN2O4/c1-24-16-9-2-13(3-10-16)4-11-18(23)25-12-17-21-19(22-26-17)14-5-7-15(20)8-6-14/h2-3,5-10H,4,11-12H2,1H3. The van der Waals surface area contributed by atoms with Gasteiger partial charge in [-0.2, -0.15) is 4.98 Å². The molecule has 134 valence electrons. The van der Waals surface area contributed by atoms with E-state index in [9.17, 15) is 9.18 Å². The summed E-state index contributed by atoms with van der Waals surface area (Å²) in [4.78, 5) is 16.0. The highest BCUT2D eigenvalue weighted by atomic mass is 19.1. The lowest BCUT2D eigenvalue weighted by Gasteiger charge is -2.04. The molecule has 0 saturated carbocycles. The number of hydrogen-bond acceptors (Lipinski definition) is 6. The van der Waals surface area contributed by atoms with Crippen LogP contribution in [0.1, 0.15) is 17.9 Å². The molecule has 0 amide bonds. The number of carbonyl (C=O) groups is 1. The van der Waals surface area contributed by atoms with Crippen molar-refractivity contribution in [3.05, 3.63) is 65.8 Å². The van der Waals surface area contributed by atoms with Crippen LogP contribution in [-0.2, 0) is 22.6 Å². The van der Waals surface area contributed by atoms with Crippen LogP contribution < -0.4 is 4.74 Å². The fourth-order valence-electron chi connectivity index (χ4n) is 2.28. The molecule has 0 aliphatic carbocycles. The summed E-state index contributed by atoms with van der Waals surface area (Å²) in [6, 6.07) is 13.2. The molecule has 1 heterocycles. The number of esters is 1. The molecule has 0 aliphatic heterocycles. The first-order valence-corrected chi connectivity index (χ1v) is 8.01. The molecule has 2 aromatic carbocycles. The largest absolute Gasteiger partial charge is 0.497 e. The number of nitrogens with zero attached hydrogens (tertiary/aromatic N) is 2. The maximum atomic E-state index is 12.9. The quantitative estimate of drug-likeness (QED) is 0.603. The van der Waals surface area contributed by atoms with Crippen LogP contribution in [0.4, 0.5) is 4.39 Å². The fourth-order valence-corrected chi connectivity index (χ4v) is 2.28. The van der Waals surface area contributed by atoms with Crippen molar-refractivity contribution in [3.63, 3.8) is 0 Å². The molecule has 0 fully saturated rings. The number of hydrogen-bond donors (Lipinski definition) is 0. The van der Waals surface area contributed by atoms with Crippen molar-refractivity contribution in [1.82, 2.24) is 10.1 Å². The molecule has 0 atom stereocenters. The third kappa shape index (κ3) is 4.66. The minimum atomic E-state index is -0.359. The van der Waals surface area contributed by atoms with Gasteiger partial charge in [-0.3, -0.25) is 4.79 Å². The van der Waals surface area contributed by atoms with E-state index in [2.05, 4.69) is 10.1 Å². The van der Waals surface area contributed by atoms with E-state index in [1.54, 1.807) is 19.2 Å². The Balaban J connectivity index is 1.47. The van der Waals surface area contributed by atoms with Gasteiger partial charge in [-0.1, -0.05) is 17.3 Å². The monoisotopic (exact) mass is 356 g/mol. The zero-order valence-electron chi connectivity index (χ0n) is 14.1. The van der Waals surface area contributed by atoms with Crippen molar-refractivity contribution in [2.45, 2.75) is 19.4 Å². The molecular formula is C19H17FN2O4. The molecule has 3 aromatic rings. The summed E-state index contributed by atoms with van der Waals surface area (Å²) in [7, 11) is 1.60. The summed E-state index contributed by atoms with van der Waals surface area (Å²) in [6.07, 6.45) is 0.804. The summed E-state index contributed by atoms with van der Waals surface area (Å²) >= 11 is 0. The Bertz CT molecular complexity index is 860. The Morgan fingerprint density at radius 2 is 1.85 bits per heavy atom. The minimum absolute atomic E-state index is 0.102. The van der Waals surface area contributed by atoms with Gasteiger partial charge in [0.05, 0.1) is 7.11 Å². The first kappa shape index (κ1) is 17.6. The van der Waals surface area contributed by atoms with Gasteiger partial charge < -0.3 is 14.0 Å². The van der Waals surface area contributed by atoms with E-state index in [0.717, 1.165) is 11.3 Å². The summed E-state index contributed by atoms with van der Waals surface area (Å²) in [5, 5.41) is 3.79. The summed E-state index contributed by atoms with van der Waals surface area (Å²) in [5.41, 5.74) is 1.63. The van der Waals surface area contributed by atoms with Crippen molar-refractivity contribution in [2.24, 2.45) is 0 Å². The van der Waals surface area contributed by atoms with Crippen LogP contribution in [0.5, 0.6) is 5.75 Å². The topological polar surface area (TPSA) is 74.5 Å². The highest BCUT2D eigenvalue weighted by Gasteiger charge is 2.11. The number of carbonyl (C=O) groups excluding carboxylic acids is 1. The summed E-state index contributed by atoms with van der Waals surface area (Å²) in [5.74, 6) is 0.562. The minimum Gasteiger partial charge on any atom is -0.497 e. The number of aromatic nitrogens is 2. The van der Waals surface area contributed by atoms with Crippen molar-refractivity contribution in [1.29, 1.82) is 0 Å². The number of methoxy groups -OCH3 is 1. The zero-order chi connectivity index (χ0) is 18.4. The van der Waals surface area contributed by atoms with E-state index in [1.807, 2.05) is 24.3 Å². The van der Waals surface area contributed by atoms with E-state index in [4.69, 9.17) is 14.0 Å². The lowest BCUT2D eigenvalue weighted by Crippen LogP contribution is -2.06. The van der Waals surface area contributed by atoms with Crippen molar-refractivity contribution < 1.29 is 23.2 Å². The molecule has 7 heteroatoms. The summed E-state index contributed by atoms with van der Waals surface area (Å²) < 4.78 is 28.2. The third-order valence-electron chi connectivity index (χ3n) is 3.70. The van der Waals surface area contributed by atoms with E-state index < -0.39 is 0 Å². The van der Waals surface area contributed by atoms with Crippen LogP contribution in [0, 0.1) is 5.82 Å². The molecule has 6 nitrogen and oxygen atoms in total. The van der Waals surface area contributed by atoms with Gasteiger partial charge in [-0.25, -0.2) is 4.39 Å². The molecule has 0 radical (unpaired) electrons. The predicted molar refractivity (Wildman–Crippen MR) is 90.8 cm³/mol. The molecule has 26 heavy (non-hydrogen) atoms. The van der Waals surface area contributed by atoms with Gasteiger partial charge in [0.15, 0.2) is 6.61 Å².